The summed E-state index contributed by atoms with van der Waals surface area (Å²) in [6.45, 7) is 0. The van der Waals surface area contributed by atoms with Crippen LogP contribution >= 0.6 is 22.7 Å². The van der Waals surface area contributed by atoms with Gasteiger partial charge in [0.1, 0.15) is 0 Å². The lowest BCUT2D eigenvalue weighted by Crippen LogP contribution is -2.15. The van der Waals surface area contributed by atoms with Crippen molar-refractivity contribution in [3.63, 3.8) is 0 Å². The first-order valence-electron chi connectivity index (χ1n) is 7.72. The minimum Gasteiger partial charge on any atom is -0.354 e. The number of hydrogen-bond donors (Lipinski definition) is 1. The lowest BCUT2D eigenvalue weighted by atomic mass is 10.00. The third-order valence-corrected chi connectivity index (χ3v) is 6.47. The smallest absolute Gasteiger partial charge is 0.261 e. The predicted octanol–water partition coefficient (Wildman–Crippen LogP) is 5.78. The molecule has 0 aliphatic rings. The van der Waals surface area contributed by atoms with E-state index in [0.29, 0.717) is 0 Å². The van der Waals surface area contributed by atoms with E-state index in [1.165, 1.54) is 31.6 Å². The van der Waals surface area contributed by atoms with Gasteiger partial charge in [0.05, 0.1) is 4.88 Å². The third kappa shape index (κ3) is 1.97. The molecule has 0 radical (unpaired) electrons. The number of fused-ring (bicyclic) bond motifs is 5. The molecule has 1 N–H and O–H groups in total. The molecule has 3 aromatic carbocycles. The number of carbonyl (C=O) groups excluding carboxylic acids is 1. The van der Waals surface area contributed by atoms with Crippen LogP contribution in [0.5, 0.6) is 0 Å². The van der Waals surface area contributed by atoms with Crippen LogP contribution in [0.3, 0.4) is 0 Å². The Kier molecular flexibility index (Phi) is 2.93. The first-order valence-corrected chi connectivity index (χ1v) is 9.42. The van der Waals surface area contributed by atoms with Crippen molar-refractivity contribution in [1.29, 1.82) is 0 Å². The van der Waals surface area contributed by atoms with Crippen LogP contribution in [0.25, 0.3) is 41.7 Å². The molecule has 2 aromatic heterocycles. The van der Waals surface area contributed by atoms with Crippen LogP contribution in [0.15, 0.2) is 53.9 Å². The molecule has 24 heavy (non-hydrogen) atoms. The van der Waals surface area contributed by atoms with Gasteiger partial charge in [-0.2, -0.15) is 0 Å². The number of nitrogens with one attached hydrogen (secondary N) is 1. The summed E-state index contributed by atoms with van der Waals surface area (Å²) in [7, 11) is 1.67. The van der Waals surface area contributed by atoms with Crippen LogP contribution in [0, 0.1) is 0 Å². The largest absolute Gasteiger partial charge is 0.354 e. The van der Waals surface area contributed by atoms with Crippen LogP contribution < -0.4 is 5.32 Å². The zero-order valence-corrected chi connectivity index (χ0v) is 14.6. The normalized spacial score (nSPS) is 11.7. The van der Waals surface area contributed by atoms with E-state index in [9.17, 15) is 4.79 Å². The Bertz CT molecular complexity index is 1260. The van der Waals surface area contributed by atoms with Gasteiger partial charge in [0, 0.05) is 16.4 Å². The lowest BCUT2D eigenvalue weighted by Gasteiger charge is -2.05. The van der Waals surface area contributed by atoms with E-state index in [4.69, 9.17) is 0 Å². The molecule has 0 spiro atoms. The average molecular weight is 347 g/mol. The van der Waals surface area contributed by atoms with Crippen molar-refractivity contribution in [2.45, 2.75) is 0 Å². The molecule has 4 heteroatoms. The summed E-state index contributed by atoms with van der Waals surface area (Å²) in [6, 6.07) is 17.5. The second-order valence-corrected chi connectivity index (χ2v) is 7.93. The standard InChI is InChI=1S/C20H13NOS2/c1-21-20(22)19-8-14-7-12-3-2-11-6-13-4-5-23-17(13)9-15(11)16(12)10-18(14)24-19/h2-10H,1H3,(H,21,22). The van der Waals surface area contributed by atoms with Gasteiger partial charge in [0.15, 0.2) is 0 Å². The Balaban J connectivity index is 1.87. The molecule has 0 aliphatic carbocycles. The zero-order valence-electron chi connectivity index (χ0n) is 12.9. The SMILES string of the molecule is CNC(=O)c1cc2cc3ccc4cc5ccsc5cc4c3cc2s1. The maximum absolute atomic E-state index is 11.9. The lowest BCUT2D eigenvalue weighted by molar-refractivity contribution is 0.0967. The van der Waals surface area contributed by atoms with Gasteiger partial charge in [0.2, 0.25) is 0 Å². The van der Waals surface area contributed by atoms with Gasteiger partial charge in [-0.3, -0.25) is 4.79 Å². The van der Waals surface area contributed by atoms with Gasteiger partial charge in [-0.05, 0) is 74.1 Å². The molecule has 116 valence electrons. The molecular weight excluding hydrogens is 334 g/mol. The molecule has 0 unspecified atom stereocenters. The van der Waals surface area contributed by atoms with E-state index < -0.39 is 0 Å². The van der Waals surface area contributed by atoms with Crippen molar-refractivity contribution in [3.05, 3.63) is 58.8 Å². The molecule has 2 heterocycles. The Labute approximate surface area is 146 Å². The quantitative estimate of drug-likeness (QED) is 0.383. The summed E-state index contributed by atoms with van der Waals surface area (Å²) in [6.07, 6.45) is 0. The molecule has 0 saturated heterocycles. The Hall–Kier alpha value is -2.43. The highest BCUT2D eigenvalue weighted by molar-refractivity contribution is 7.21. The van der Waals surface area contributed by atoms with E-state index in [0.717, 1.165) is 15.0 Å². The summed E-state index contributed by atoms with van der Waals surface area (Å²) < 4.78 is 2.47. The van der Waals surface area contributed by atoms with Crippen LogP contribution in [0.1, 0.15) is 9.67 Å². The van der Waals surface area contributed by atoms with Crippen molar-refractivity contribution in [2.24, 2.45) is 0 Å². The van der Waals surface area contributed by atoms with Crippen molar-refractivity contribution < 1.29 is 4.79 Å². The minimum absolute atomic E-state index is 0.0228. The third-order valence-electron chi connectivity index (χ3n) is 4.50. The first kappa shape index (κ1) is 14.0. The first-order chi connectivity index (χ1) is 11.7. The Morgan fingerprint density at radius 2 is 1.54 bits per heavy atom. The van der Waals surface area contributed by atoms with E-state index in [-0.39, 0.29) is 5.91 Å². The molecule has 0 saturated carbocycles. The fourth-order valence-electron chi connectivity index (χ4n) is 3.29. The topological polar surface area (TPSA) is 29.1 Å². The van der Waals surface area contributed by atoms with Gasteiger partial charge in [-0.25, -0.2) is 0 Å². The predicted molar refractivity (Wildman–Crippen MR) is 106 cm³/mol. The number of carbonyl (C=O) groups is 1. The Morgan fingerprint density at radius 1 is 0.833 bits per heavy atom. The fraction of sp³-hybridized carbons (Fsp3) is 0.0500. The van der Waals surface area contributed by atoms with Gasteiger partial charge in [-0.1, -0.05) is 12.1 Å². The average Bonchev–Trinajstić information content (AvgIpc) is 3.22. The molecule has 0 aliphatic heterocycles. The van der Waals surface area contributed by atoms with Gasteiger partial charge < -0.3 is 5.32 Å². The van der Waals surface area contributed by atoms with Crippen molar-refractivity contribution in [2.75, 3.05) is 7.05 Å². The van der Waals surface area contributed by atoms with E-state index >= 15 is 0 Å². The monoisotopic (exact) mass is 347 g/mol. The highest BCUT2D eigenvalue weighted by Gasteiger charge is 2.11. The molecule has 1 amide bonds. The zero-order chi connectivity index (χ0) is 16.3. The molecule has 5 aromatic rings. The molecular formula is C20H13NOS2. The van der Waals surface area contributed by atoms with Gasteiger partial charge in [-0.15, -0.1) is 22.7 Å². The highest BCUT2D eigenvalue weighted by atomic mass is 32.1. The second kappa shape index (κ2) is 5.03. The molecule has 0 atom stereocenters. The van der Waals surface area contributed by atoms with E-state index in [2.05, 4.69) is 53.2 Å². The van der Waals surface area contributed by atoms with Crippen LogP contribution in [0.4, 0.5) is 0 Å². The van der Waals surface area contributed by atoms with E-state index in [1.807, 2.05) is 6.07 Å². The number of benzene rings is 3. The number of amides is 1. The molecule has 2 nitrogen and oxygen atoms in total. The van der Waals surface area contributed by atoms with Crippen molar-refractivity contribution in [1.82, 2.24) is 5.32 Å². The van der Waals surface area contributed by atoms with Crippen LogP contribution in [0.2, 0.25) is 0 Å². The summed E-state index contributed by atoms with van der Waals surface area (Å²) in [5, 5.41) is 12.3. The summed E-state index contributed by atoms with van der Waals surface area (Å²) >= 11 is 3.32. The van der Waals surface area contributed by atoms with Crippen molar-refractivity contribution >= 4 is 70.3 Å². The van der Waals surface area contributed by atoms with Crippen LogP contribution in [-0.4, -0.2) is 13.0 Å². The summed E-state index contributed by atoms with van der Waals surface area (Å²) in [5.41, 5.74) is 0. The summed E-state index contributed by atoms with van der Waals surface area (Å²) in [5.74, 6) is -0.0228. The van der Waals surface area contributed by atoms with Gasteiger partial charge in [0.25, 0.3) is 5.91 Å². The minimum atomic E-state index is -0.0228. The highest BCUT2D eigenvalue weighted by Crippen LogP contribution is 2.36. The summed E-state index contributed by atoms with van der Waals surface area (Å²) in [4.78, 5) is 12.7. The fourth-order valence-corrected chi connectivity index (χ4v) is 5.13. The maximum atomic E-state index is 11.9. The van der Waals surface area contributed by atoms with E-state index in [1.54, 1.807) is 29.7 Å². The number of hydrogen-bond acceptors (Lipinski definition) is 3. The number of rotatable bonds is 1. The van der Waals surface area contributed by atoms with Crippen molar-refractivity contribution in [3.8, 4) is 0 Å². The molecule has 5 rings (SSSR count). The van der Waals surface area contributed by atoms with Gasteiger partial charge >= 0.3 is 0 Å². The Morgan fingerprint density at radius 3 is 2.29 bits per heavy atom. The molecule has 0 bridgehead atoms. The second-order valence-electron chi connectivity index (χ2n) is 5.90. The number of thiophene rings is 2. The maximum Gasteiger partial charge on any atom is 0.261 e. The molecule has 0 fully saturated rings. The van der Waals surface area contributed by atoms with Crippen LogP contribution in [-0.2, 0) is 0 Å².